The standard InChI is InChI=1S/C15H17N5O3S/c1-9(2)20-13-10(7-18-20)5-11(6-17-13)14(22)16-3-4-19-12(21)8-24-15(19)23/h5-7,9H,3-4,8H2,1-2H3,(H,16,22). The fourth-order valence-electron chi connectivity index (χ4n) is 2.42. The zero-order valence-corrected chi connectivity index (χ0v) is 14.2. The van der Waals surface area contributed by atoms with Gasteiger partial charge in [-0.1, -0.05) is 11.8 Å². The Bertz CT molecular complexity index is 801. The number of carbonyl (C=O) groups is 3. The van der Waals surface area contributed by atoms with Crippen molar-refractivity contribution in [1.82, 2.24) is 25.0 Å². The van der Waals surface area contributed by atoms with Crippen LogP contribution in [0.5, 0.6) is 0 Å². The molecule has 2 aromatic heterocycles. The molecule has 0 unspecified atom stereocenters. The molecule has 3 heterocycles. The number of rotatable bonds is 5. The molecule has 0 radical (unpaired) electrons. The molecule has 1 aliphatic heterocycles. The van der Waals surface area contributed by atoms with Gasteiger partial charge >= 0.3 is 0 Å². The predicted octanol–water partition coefficient (Wildman–Crippen LogP) is 1.44. The highest BCUT2D eigenvalue weighted by atomic mass is 32.2. The van der Waals surface area contributed by atoms with E-state index in [2.05, 4.69) is 15.4 Å². The first kappa shape index (κ1) is 16.4. The third kappa shape index (κ3) is 3.12. The number of nitrogens with zero attached hydrogens (tertiary/aromatic N) is 4. The highest BCUT2D eigenvalue weighted by molar-refractivity contribution is 8.14. The number of nitrogens with one attached hydrogen (secondary N) is 1. The van der Waals surface area contributed by atoms with E-state index in [-0.39, 0.29) is 41.9 Å². The van der Waals surface area contributed by atoms with E-state index in [1.54, 1.807) is 16.9 Å². The minimum absolute atomic E-state index is 0.174. The minimum atomic E-state index is -0.298. The Kier molecular flexibility index (Phi) is 4.52. The number of carbonyl (C=O) groups excluding carboxylic acids is 3. The lowest BCUT2D eigenvalue weighted by atomic mass is 10.2. The zero-order chi connectivity index (χ0) is 17.3. The number of amides is 3. The maximum absolute atomic E-state index is 12.2. The van der Waals surface area contributed by atoms with Crippen molar-refractivity contribution in [3.05, 3.63) is 24.0 Å². The van der Waals surface area contributed by atoms with Gasteiger partial charge in [-0.2, -0.15) is 5.10 Å². The molecule has 0 aromatic carbocycles. The van der Waals surface area contributed by atoms with E-state index in [1.807, 2.05) is 13.8 Å². The van der Waals surface area contributed by atoms with Gasteiger partial charge in [0.05, 0.1) is 17.5 Å². The average molecular weight is 347 g/mol. The minimum Gasteiger partial charge on any atom is -0.350 e. The molecule has 8 nitrogen and oxygen atoms in total. The summed E-state index contributed by atoms with van der Waals surface area (Å²) >= 11 is 0.980. The van der Waals surface area contributed by atoms with Crippen molar-refractivity contribution in [3.63, 3.8) is 0 Å². The number of fused-ring (bicyclic) bond motifs is 1. The molecule has 1 fully saturated rings. The van der Waals surface area contributed by atoms with Gasteiger partial charge in [0.25, 0.3) is 11.1 Å². The highest BCUT2D eigenvalue weighted by Gasteiger charge is 2.29. The summed E-state index contributed by atoms with van der Waals surface area (Å²) in [5, 5.41) is 7.49. The van der Waals surface area contributed by atoms with Crippen molar-refractivity contribution < 1.29 is 14.4 Å². The quantitative estimate of drug-likeness (QED) is 0.879. The molecule has 0 spiro atoms. The van der Waals surface area contributed by atoms with Crippen LogP contribution in [0.2, 0.25) is 0 Å². The molecule has 0 saturated carbocycles. The first-order chi connectivity index (χ1) is 11.5. The summed E-state index contributed by atoms with van der Waals surface area (Å²) in [7, 11) is 0. The van der Waals surface area contributed by atoms with E-state index in [1.165, 1.54) is 6.20 Å². The molecule has 0 aliphatic carbocycles. The lowest BCUT2D eigenvalue weighted by Gasteiger charge is -2.13. The van der Waals surface area contributed by atoms with E-state index >= 15 is 0 Å². The van der Waals surface area contributed by atoms with Crippen molar-refractivity contribution in [3.8, 4) is 0 Å². The van der Waals surface area contributed by atoms with E-state index in [9.17, 15) is 14.4 Å². The Balaban J connectivity index is 1.64. The molecule has 3 amide bonds. The number of thioether (sulfide) groups is 1. The van der Waals surface area contributed by atoms with Gasteiger partial charge in [0.1, 0.15) is 0 Å². The Labute approximate surface area is 142 Å². The molecule has 1 aliphatic rings. The van der Waals surface area contributed by atoms with E-state index in [0.717, 1.165) is 27.7 Å². The number of pyridine rings is 1. The third-order valence-electron chi connectivity index (χ3n) is 3.65. The molecule has 2 aromatic rings. The van der Waals surface area contributed by atoms with Gasteiger partial charge in [-0.3, -0.25) is 19.3 Å². The molecule has 0 atom stereocenters. The van der Waals surface area contributed by atoms with Crippen LogP contribution in [-0.4, -0.2) is 55.6 Å². The van der Waals surface area contributed by atoms with Gasteiger partial charge in [0.2, 0.25) is 5.91 Å². The van der Waals surface area contributed by atoms with Gasteiger partial charge in [-0.15, -0.1) is 0 Å². The van der Waals surface area contributed by atoms with Crippen LogP contribution in [0, 0.1) is 0 Å². The van der Waals surface area contributed by atoms with Crippen molar-refractivity contribution in [2.75, 3.05) is 18.8 Å². The van der Waals surface area contributed by atoms with Crippen LogP contribution in [0.3, 0.4) is 0 Å². The van der Waals surface area contributed by atoms with Crippen LogP contribution >= 0.6 is 11.8 Å². The van der Waals surface area contributed by atoms with Crippen LogP contribution in [-0.2, 0) is 4.79 Å². The predicted molar refractivity (Wildman–Crippen MR) is 89.8 cm³/mol. The number of hydrogen-bond donors (Lipinski definition) is 1. The van der Waals surface area contributed by atoms with E-state index in [0.29, 0.717) is 5.56 Å². The Hall–Kier alpha value is -2.42. The van der Waals surface area contributed by atoms with Gasteiger partial charge in [-0.05, 0) is 19.9 Å². The molecule has 9 heteroatoms. The summed E-state index contributed by atoms with van der Waals surface area (Å²) in [5.41, 5.74) is 1.14. The van der Waals surface area contributed by atoms with Crippen LogP contribution in [0.15, 0.2) is 18.5 Å². The first-order valence-corrected chi connectivity index (χ1v) is 8.54. The topological polar surface area (TPSA) is 97.2 Å². The smallest absolute Gasteiger partial charge is 0.288 e. The number of hydrogen-bond acceptors (Lipinski definition) is 6. The number of imide groups is 1. The van der Waals surface area contributed by atoms with Gasteiger partial charge < -0.3 is 5.32 Å². The van der Waals surface area contributed by atoms with Crippen molar-refractivity contribution >= 4 is 39.8 Å². The normalized spacial score (nSPS) is 14.9. The summed E-state index contributed by atoms with van der Waals surface area (Å²) in [6, 6.07) is 1.91. The van der Waals surface area contributed by atoms with E-state index in [4.69, 9.17) is 0 Å². The first-order valence-electron chi connectivity index (χ1n) is 7.56. The Morgan fingerprint density at radius 1 is 1.38 bits per heavy atom. The average Bonchev–Trinajstić information content (AvgIpc) is 3.11. The molecule has 24 heavy (non-hydrogen) atoms. The molecule has 126 valence electrons. The van der Waals surface area contributed by atoms with Crippen LogP contribution in [0.4, 0.5) is 4.79 Å². The van der Waals surface area contributed by atoms with Gasteiger partial charge in [-0.25, -0.2) is 9.67 Å². The maximum Gasteiger partial charge on any atom is 0.288 e. The fourth-order valence-corrected chi connectivity index (χ4v) is 3.17. The summed E-state index contributed by atoms with van der Waals surface area (Å²) in [6.07, 6.45) is 3.18. The summed E-state index contributed by atoms with van der Waals surface area (Å²) < 4.78 is 1.79. The fraction of sp³-hybridized carbons (Fsp3) is 0.400. The van der Waals surface area contributed by atoms with Crippen LogP contribution < -0.4 is 5.32 Å². The SMILES string of the molecule is CC(C)n1ncc2cc(C(=O)NCCN3C(=O)CSC3=O)cnc21. The van der Waals surface area contributed by atoms with Crippen molar-refractivity contribution in [2.45, 2.75) is 19.9 Å². The molecule has 1 saturated heterocycles. The van der Waals surface area contributed by atoms with Crippen LogP contribution in [0.25, 0.3) is 11.0 Å². The third-order valence-corrected chi connectivity index (χ3v) is 4.50. The Morgan fingerprint density at radius 2 is 2.17 bits per heavy atom. The second kappa shape index (κ2) is 6.60. The molecule has 0 bridgehead atoms. The monoisotopic (exact) mass is 347 g/mol. The molecule has 3 rings (SSSR count). The highest BCUT2D eigenvalue weighted by Crippen LogP contribution is 2.18. The van der Waals surface area contributed by atoms with Gasteiger partial charge in [0.15, 0.2) is 5.65 Å². The molecular formula is C15H17N5O3S. The second-order valence-electron chi connectivity index (χ2n) is 5.68. The summed E-state index contributed by atoms with van der Waals surface area (Å²) in [4.78, 5) is 40.6. The van der Waals surface area contributed by atoms with E-state index < -0.39 is 0 Å². The molecular weight excluding hydrogens is 330 g/mol. The zero-order valence-electron chi connectivity index (χ0n) is 13.4. The second-order valence-corrected chi connectivity index (χ2v) is 6.60. The van der Waals surface area contributed by atoms with Crippen molar-refractivity contribution in [1.29, 1.82) is 0 Å². The lowest BCUT2D eigenvalue weighted by Crippen LogP contribution is -2.37. The Morgan fingerprint density at radius 3 is 2.83 bits per heavy atom. The lowest BCUT2D eigenvalue weighted by molar-refractivity contribution is -0.124. The molecule has 1 N–H and O–H groups in total. The maximum atomic E-state index is 12.2. The largest absolute Gasteiger partial charge is 0.350 e. The summed E-state index contributed by atoms with van der Waals surface area (Å²) in [6.45, 7) is 4.40. The number of aromatic nitrogens is 3. The summed E-state index contributed by atoms with van der Waals surface area (Å²) in [5.74, 6) is -0.343. The van der Waals surface area contributed by atoms with Gasteiger partial charge in [0, 0.05) is 30.7 Å². The van der Waals surface area contributed by atoms with Crippen LogP contribution in [0.1, 0.15) is 30.2 Å². The van der Waals surface area contributed by atoms with Crippen molar-refractivity contribution in [2.24, 2.45) is 0 Å².